The van der Waals surface area contributed by atoms with Crippen molar-refractivity contribution in [3.8, 4) is 0 Å². The van der Waals surface area contributed by atoms with E-state index in [9.17, 15) is 0 Å². The van der Waals surface area contributed by atoms with Gasteiger partial charge in [-0.25, -0.2) is 9.97 Å². The molecule has 1 fully saturated rings. The van der Waals surface area contributed by atoms with E-state index in [0.29, 0.717) is 12.0 Å². The molecule has 0 unspecified atom stereocenters. The predicted octanol–water partition coefficient (Wildman–Crippen LogP) is 1.97. The smallest absolute Gasteiger partial charge is 0.222 e. The van der Waals surface area contributed by atoms with Gasteiger partial charge in [0.15, 0.2) is 0 Å². The van der Waals surface area contributed by atoms with Crippen molar-refractivity contribution in [2.75, 3.05) is 30.4 Å². The van der Waals surface area contributed by atoms with Gasteiger partial charge in [0.25, 0.3) is 0 Å². The quantitative estimate of drug-likeness (QED) is 0.913. The molecule has 0 spiro atoms. The molecule has 7 heteroatoms. The molecule has 22 heavy (non-hydrogen) atoms. The molecule has 1 saturated heterocycles. The van der Waals surface area contributed by atoms with Crippen molar-refractivity contribution in [3.63, 3.8) is 0 Å². The van der Waals surface area contributed by atoms with Crippen LogP contribution in [0.3, 0.4) is 0 Å². The van der Waals surface area contributed by atoms with Crippen molar-refractivity contribution in [2.45, 2.75) is 19.4 Å². The summed E-state index contributed by atoms with van der Waals surface area (Å²) in [6.07, 6.45) is 4.99. The average molecular weight is 315 g/mol. The second-order valence-electron chi connectivity index (χ2n) is 5.56. The molecule has 1 atom stereocenters. The molecule has 0 aromatic carbocycles. The van der Waals surface area contributed by atoms with E-state index in [4.69, 9.17) is 10.5 Å². The first-order chi connectivity index (χ1) is 10.7. The summed E-state index contributed by atoms with van der Waals surface area (Å²) in [5.41, 5.74) is 9.00. The predicted molar refractivity (Wildman–Crippen MR) is 87.7 cm³/mol. The van der Waals surface area contributed by atoms with Crippen LogP contribution in [0.2, 0.25) is 0 Å². The first kappa shape index (κ1) is 13.7. The van der Waals surface area contributed by atoms with E-state index in [1.54, 1.807) is 11.3 Å². The molecule has 0 bridgehead atoms. The number of nitrogens with zero attached hydrogens (tertiary/aromatic N) is 4. The average Bonchev–Trinajstić information content (AvgIpc) is 3.20. The fourth-order valence-corrected chi connectivity index (χ4v) is 3.68. The third-order valence-electron chi connectivity index (χ3n) is 4.12. The highest BCUT2D eigenvalue weighted by atomic mass is 32.1. The summed E-state index contributed by atoms with van der Waals surface area (Å²) in [4.78, 5) is 15.5. The van der Waals surface area contributed by atoms with Crippen LogP contribution in [0.15, 0.2) is 11.6 Å². The molecule has 2 aliphatic heterocycles. The van der Waals surface area contributed by atoms with Crippen molar-refractivity contribution in [2.24, 2.45) is 0 Å². The molecule has 2 aromatic heterocycles. The van der Waals surface area contributed by atoms with Crippen molar-refractivity contribution < 1.29 is 4.74 Å². The normalized spacial score (nSPS) is 20.9. The topological polar surface area (TPSA) is 77.2 Å². The van der Waals surface area contributed by atoms with Gasteiger partial charge in [-0.2, -0.15) is 4.98 Å². The second kappa shape index (κ2) is 5.33. The Labute approximate surface area is 132 Å². The number of ether oxygens (including phenoxy) is 1. The van der Waals surface area contributed by atoms with Gasteiger partial charge in [-0.05, 0) is 19.4 Å². The molecule has 4 heterocycles. The van der Waals surface area contributed by atoms with E-state index in [2.05, 4.69) is 25.9 Å². The molecule has 6 nitrogen and oxygen atoms in total. The molecule has 2 aromatic rings. The summed E-state index contributed by atoms with van der Waals surface area (Å²) in [5, 5.41) is 3.05. The maximum atomic E-state index is 5.86. The molecule has 2 N–H and O–H groups in total. The lowest BCUT2D eigenvalue weighted by Crippen LogP contribution is -2.40. The first-order valence-corrected chi connectivity index (χ1v) is 8.19. The molecule has 4 rings (SSSR count). The van der Waals surface area contributed by atoms with E-state index in [-0.39, 0.29) is 0 Å². The van der Waals surface area contributed by atoms with Gasteiger partial charge in [-0.1, -0.05) is 0 Å². The second-order valence-corrected chi connectivity index (χ2v) is 6.45. The number of aryl methyl sites for hydroxylation is 1. The van der Waals surface area contributed by atoms with Crippen LogP contribution in [0.25, 0.3) is 11.6 Å². The number of rotatable bonds is 2. The third kappa shape index (κ3) is 2.26. The van der Waals surface area contributed by atoms with Gasteiger partial charge in [0, 0.05) is 35.9 Å². The lowest BCUT2D eigenvalue weighted by molar-refractivity contribution is 0.193. The Kier molecular flexibility index (Phi) is 3.31. The van der Waals surface area contributed by atoms with Gasteiger partial charge in [0.1, 0.15) is 10.8 Å². The minimum absolute atomic E-state index is 0.325. The Morgan fingerprint density at radius 3 is 3.05 bits per heavy atom. The summed E-state index contributed by atoms with van der Waals surface area (Å²) in [5.74, 6) is 1.24. The third-order valence-corrected chi connectivity index (χ3v) is 4.97. The number of fused-ring (bicyclic) bond motifs is 1. The van der Waals surface area contributed by atoms with Crippen LogP contribution in [-0.2, 0) is 4.74 Å². The summed E-state index contributed by atoms with van der Waals surface area (Å²) in [6, 6.07) is 0.330. The maximum absolute atomic E-state index is 5.86. The standard InChI is InChI=1S/C15H17N5OS/c1-9-12-6-10(14-17-3-5-22-14)7-20(11-2-4-21-8-11)13(12)19-15(16)18-9/h3,5-6,11H,2,4,7-8H2,1H3,(H2,16,18,19)/t11-/m0/s1. The summed E-state index contributed by atoms with van der Waals surface area (Å²) < 4.78 is 5.56. The van der Waals surface area contributed by atoms with Crippen molar-refractivity contribution >= 4 is 34.8 Å². The summed E-state index contributed by atoms with van der Waals surface area (Å²) in [6.45, 7) is 4.28. The van der Waals surface area contributed by atoms with E-state index in [0.717, 1.165) is 48.3 Å². The fourth-order valence-electron chi connectivity index (χ4n) is 3.04. The van der Waals surface area contributed by atoms with E-state index < -0.39 is 0 Å². The first-order valence-electron chi connectivity index (χ1n) is 7.31. The van der Waals surface area contributed by atoms with Crippen LogP contribution in [0.5, 0.6) is 0 Å². The van der Waals surface area contributed by atoms with E-state index in [1.165, 1.54) is 5.57 Å². The van der Waals surface area contributed by atoms with Crippen LogP contribution in [-0.4, -0.2) is 40.8 Å². The summed E-state index contributed by atoms with van der Waals surface area (Å²) in [7, 11) is 0. The minimum Gasteiger partial charge on any atom is -0.379 e. The van der Waals surface area contributed by atoms with Crippen LogP contribution in [0.4, 0.5) is 11.8 Å². The van der Waals surface area contributed by atoms with Crippen molar-refractivity contribution in [1.82, 2.24) is 15.0 Å². The molecule has 2 aliphatic rings. The zero-order chi connectivity index (χ0) is 15.1. The SMILES string of the molecule is Cc1nc(N)nc2c1C=C(c1nccs1)CN2[C@H]1CCOC1. The van der Waals surface area contributed by atoms with Crippen molar-refractivity contribution in [1.29, 1.82) is 0 Å². The van der Waals surface area contributed by atoms with E-state index >= 15 is 0 Å². The zero-order valence-corrected chi connectivity index (χ0v) is 13.1. The van der Waals surface area contributed by atoms with Gasteiger partial charge in [-0.15, -0.1) is 11.3 Å². The Hall–Kier alpha value is -1.99. The Morgan fingerprint density at radius 1 is 1.41 bits per heavy atom. The van der Waals surface area contributed by atoms with Gasteiger partial charge < -0.3 is 15.4 Å². The minimum atomic E-state index is 0.325. The van der Waals surface area contributed by atoms with Crippen molar-refractivity contribution in [3.05, 3.63) is 27.8 Å². The van der Waals surface area contributed by atoms with Gasteiger partial charge in [0.2, 0.25) is 5.95 Å². The van der Waals surface area contributed by atoms with Crippen LogP contribution < -0.4 is 10.6 Å². The number of anilines is 2. The monoisotopic (exact) mass is 315 g/mol. The number of thiazole rings is 1. The highest BCUT2D eigenvalue weighted by molar-refractivity contribution is 7.10. The molecule has 114 valence electrons. The number of aromatic nitrogens is 3. The molecule has 0 aliphatic carbocycles. The Morgan fingerprint density at radius 2 is 2.32 bits per heavy atom. The molecule has 0 saturated carbocycles. The molecular formula is C15H17N5OS. The number of nitrogens with two attached hydrogens (primary N) is 1. The molecule has 0 amide bonds. The van der Waals surface area contributed by atoms with Gasteiger partial charge in [0.05, 0.1) is 18.3 Å². The van der Waals surface area contributed by atoms with Crippen LogP contribution in [0, 0.1) is 6.92 Å². The van der Waals surface area contributed by atoms with Crippen LogP contribution in [0.1, 0.15) is 22.7 Å². The molecular weight excluding hydrogens is 298 g/mol. The lowest BCUT2D eigenvalue weighted by atomic mass is 10.0. The highest BCUT2D eigenvalue weighted by Gasteiger charge is 2.31. The number of hydrogen-bond donors (Lipinski definition) is 1. The fraction of sp³-hybridized carbons (Fsp3) is 0.400. The van der Waals surface area contributed by atoms with Crippen LogP contribution >= 0.6 is 11.3 Å². The van der Waals surface area contributed by atoms with Gasteiger partial charge in [-0.3, -0.25) is 0 Å². The zero-order valence-electron chi connectivity index (χ0n) is 12.3. The maximum Gasteiger partial charge on any atom is 0.222 e. The highest BCUT2D eigenvalue weighted by Crippen LogP contribution is 2.36. The number of nitrogen functional groups attached to an aromatic ring is 1. The summed E-state index contributed by atoms with van der Waals surface area (Å²) >= 11 is 1.65. The van der Waals surface area contributed by atoms with Gasteiger partial charge >= 0.3 is 0 Å². The number of hydrogen-bond acceptors (Lipinski definition) is 7. The lowest BCUT2D eigenvalue weighted by Gasteiger charge is -2.34. The molecule has 0 radical (unpaired) electrons. The van der Waals surface area contributed by atoms with E-state index in [1.807, 2.05) is 18.5 Å². The Balaban J connectivity index is 1.84. The Bertz CT molecular complexity index is 722. The largest absolute Gasteiger partial charge is 0.379 e.